The van der Waals surface area contributed by atoms with Gasteiger partial charge in [-0.3, -0.25) is 19.3 Å². The molecule has 0 spiro atoms. The number of carbonyl (C=O) groups is 4. The van der Waals surface area contributed by atoms with Crippen molar-refractivity contribution in [3.63, 3.8) is 0 Å². The normalized spacial score (nSPS) is 25.7. The fourth-order valence-corrected chi connectivity index (χ4v) is 5.21. The van der Waals surface area contributed by atoms with E-state index < -0.39 is 24.2 Å². The second-order valence-electron chi connectivity index (χ2n) is 8.53. The van der Waals surface area contributed by atoms with Gasteiger partial charge in [-0.05, 0) is 73.7 Å². The Bertz CT molecular complexity index is 1170. The van der Waals surface area contributed by atoms with E-state index in [2.05, 4.69) is 6.08 Å². The summed E-state index contributed by atoms with van der Waals surface area (Å²) >= 11 is 0. The van der Waals surface area contributed by atoms with Crippen LogP contribution in [0.4, 0.5) is 10.1 Å². The molecule has 0 unspecified atom stereocenters. The summed E-state index contributed by atoms with van der Waals surface area (Å²) in [6, 6.07) is 11.0. The molecule has 2 aliphatic carbocycles. The first-order valence-corrected chi connectivity index (χ1v) is 10.5. The van der Waals surface area contributed by atoms with Gasteiger partial charge in [0.25, 0.3) is 0 Å². The van der Waals surface area contributed by atoms with Gasteiger partial charge in [-0.1, -0.05) is 11.6 Å². The van der Waals surface area contributed by atoms with Gasteiger partial charge in [-0.2, -0.15) is 0 Å². The lowest BCUT2D eigenvalue weighted by Gasteiger charge is -2.19. The minimum atomic E-state index is -0.708. The number of hydrogen-bond donors (Lipinski definition) is 0. The number of halogens is 1. The molecule has 5 rings (SSSR count). The third-order valence-electron chi connectivity index (χ3n) is 6.74. The van der Waals surface area contributed by atoms with Crippen molar-refractivity contribution in [2.24, 2.45) is 23.7 Å². The molecule has 32 heavy (non-hydrogen) atoms. The fourth-order valence-electron chi connectivity index (χ4n) is 5.21. The molecule has 1 aliphatic heterocycles. The van der Waals surface area contributed by atoms with Crippen molar-refractivity contribution >= 4 is 29.3 Å². The molecule has 1 saturated carbocycles. The van der Waals surface area contributed by atoms with E-state index in [0.29, 0.717) is 5.69 Å². The van der Waals surface area contributed by atoms with Crippen molar-refractivity contribution in [3.05, 3.63) is 77.1 Å². The first-order chi connectivity index (χ1) is 15.3. The molecule has 2 aromatic rings. The maximum Gasteiger partial charge on any atom is 0.338 e. The summed E-state index contributed by atoms with van der Waals surface area (Å²) in [5, 5.41) is 0. The summed E-state index contributed by atoms with van der Waals surface area (Å²) < 4.78 is 18.0. The first kappa shape index (κ1) is 20.3. The van der Waals surface area contributed by atoms with Gasteiger partial charge in [0.2, 0.25) is 11.8 Å². The zero-order valence-corrected chi connectivity index (χ0v) is 17.3. The highest BCUT2D eigenvalue weighted by atomic mass is 19.1. The number of amides is 2. The Balaban J connectivity index is 1.25. The van der Waals surface area contributed by atoms with Crippen molar-refractivity contribution in [1.29, 1.82) is 0 Å². The molecule has 0 radical (unpaired) electrons. The van der Waals surface area contributed by atoms with Gasteiger partial charge in [-0.25, -0.2) is 9.18 Å². The van der Waals surface area contributed by atoms with Gasteiger partial charge in [0, 0.05) is 5.56 Å². The summed E-state index contributed by atoms with van der Waals surface area (Å²) in [4.78, 5) is 51.6. The quantitative estimate of drug-likeness (QED) is 0.312. The zero-order chi connectivity index (χ0) is 22.6. The van der Waals surface area contributed by atoms with E-state index in [1.54, 1.807) is 0 Å². The summed E-state index contributed by atoms with van der Waals surface area (Å²) in [7, 11) is 0. The average Bonchev–Trinajstić information content (AvgIpc) is 3.42. The van der Waals surface area contributed by atoms with Crippen LogP contribution in [-0.2, 0) is 14.3 Å². The molecule has 1 saturated heterocycles. The van der Waals surface area contributed by atoms with Crippen molar-refractivity contribution < 1.29 is 28.3 Å². The van der Waals surface area contributed by atoms with Gasteiger partial charge < -0.3 is 4.74 Å². The third-order valence-corrected chi connectivity index (χ3v) is 6.74. The minimum absolute atomic E-state index is 0.124. The van der Waals surface area contributed by atoms with Crippen LogP contribution in [0.1, 0.15) is 34.1 Å². The molecular weight excluding hydrogens is 413 g/mol. The topological polar surface area (TPSA) is 80.8 Å². The van der Waals surface area contributed by atoms with Crippen LogP contribution in [0.15, 0.2) is 60.2 Å². The number of imide groups is 1. The Morgan fingerprint density at radius 1 is 0.969 bits per heavy atom. The Morgan fingerprint density at radius 2 is 1.59 bits per heavy atom. The third kappa shape index (κ3) is 3.16. The summed E-state index contributed by atoms with van der Waals surface area (Å²) in [5.41, 5.74) is 2.04. The number of Topliss-reactive ketones (excluding diaryl/α,β-unsaturated/α-hetero) is 1. The van der Waals surface area contributed by atoms with Gasteiger partial charge in [0.15, 0.2) is 12.4 Å². The molecule has 162 valence electrons. The lowest BCUT2D eigenvalue weighted by Crippen LogP contribution is -2.32. The average molecular weight is 433 g/mol. The summed E-state index contributed by atoms with van der Waals surface area (Å²) in [6.07, 6.45) is 2.99. The van der Waals surface area contributed by atoms with Crippen LogP contribution in [0.3, 0.4) is 0 Å². The molecule has 0 aromatic heterocycles. The lowest BCUT2D eigenvalue weighted by molar-refractivity contribution is -0.123. The van der Waals surface area contributed by atoms with Crippen molar-refractivity contribution in [2.45, 2.75) is 13.3 Å². The lowest BCUT2D eigenvalue weighted by atomic mass is 9.82. The molecule has 6 nitrogen and oxygen atoms in total. The highest BCUT2D eigenvalue weighted by molar-refractivity contribution is 6.23. The van der Waals surface area contributed by atoms with Crippen molar-refractivity contribution in [3.8, 4) is 0 Å². The van der Waals surface area contributed by atoms with Gasteiger partial charge in [0.05, 0.1) is 23.1 Å². The second-order valence-corrected chi connectivity index (χ2v) is 8.53. The molecule has 1 heterocycles. The van der Waals surface area contributed by atoms with Crippen LogP contribution in [0.25, 0.3) is 0 Å². The number of ketones is 1. The number of hydrogen-bond acceptors (Lipinski definition) is 5. The predicted molar refractivity (Wildman–Crippen MR) is 112 cm³/mol. The molecule has 3 aliphatic rings. The molecule has 2 amide bonds. The van der Waals surface area contributed by atoms with E-state index in [0.717, 1.165) is 18.6 Å². The number of allylic oxidation sites excluding steroid dienone is 2. The Morgan fingerprint density at radius 3 is 2.28 bits per heavy atom. The van der Waals surface area contributed by atoms with Crippen LogP contribution in [-0.4, -0.2) is 30.2 Å². The molecule has 4 atom stereocenters. The summed E-state index contributed by atoms with van der Waals surface area (Å²) in [6.45, 7) is 1.54. The maximum absolute atomic E-state index is 13.0. The number of fused-ring (bicyclic) bond motifs is 5. The monoisotopic (exact) mass is 433 g/mol. The SMILES string of the molecule is CC1=C[C@H]2C[C@H]1[C@H]1C(=O)N(c3ccc(C(=O)OCC(=O)c4ccc(F)cc4)cc3)C(=O)[C@H]12. The molecule has 2 bridgehead atoms. The van der Waals surface area contributed by atoms with Crippen molar-refractivity contribution in [1.82, 2.24) is 0 Å². The molecule has 2 aromatic carbocycles. The molecule has 0 N–H and O–H groups in total. The number of benzene rings is 2. The van der Waals surface area contributed by atoms with Crippen molar-refractivity contribution in [2.75, 3.05) is 11.5 Å². The Kier molecular flexibility index (Phi) is 4.77. The highest BCUT2D eigenvalue weighted by Crippen LogP contribution is 2.55. The van der Waals surface area contributed by atoms with Gasteiger partial charge in [0.1, 0.15) is 5.82 Å². The van der Waals surface area contributed by atoms with E-state index in [1.165, 1.54) is 46.9 Å². The van der Waals surface area contributed by atoms with E-state index >= 15 is 0 Å². The first-order valence-electron chi connectivity index (χ1n) is 10.5. The Labute approximate surface area is 183 Å². The zero-order valence-electron chi connectivity index (χ0n) is 17.3. The smallest absolute Gasteiger partial charge is 0.338 e. The standard InChI is InChI=1S/C25H20FNO5/c1-13-10-16-11-19(13)22-21(16)23(29)27(24(22)30)18-8-4-15(5-9-18)25(31)32-12-20(28)14-2-6-17(26)7-3-14/h2-10,16,19,21-22H,11-12H2,1H3/t16-,19+,21-,22+/m0/s1. The van der Waals surface area contributed by atoms with E-state index in [1.807, 2.05) is 6.92 Å². The number of ether oxygens (including phenoxy) is 1. The predicted octanol–water partition coefficient (Wildman–Crippen LogP) is 3.57. The number of esters is 1. The molecular formula is C25H20FNO5. The highest BCUT2D eigenvalue weighted by Gasteiger charge is 2.60. The maximum atomic E-state index is 13.0. The van der Waals surface area contributed by atoms with E-state index in [-0.39, 0.29) is 46.6 Å². The van der Waals surface area contributed by atoms with E-state index in [4.69, 9.17) is 4.74 Å². The van der Waals surface area contributed by atoms with Crippen LogP contribution in [0, 0.1) is 29.5 Å². The summed E-state index contributed by atoms with van der Waals surface area (Å²) in [5.74, 6) is -2.31. The Hall–Kier alpha value is -3.61. The molecule has 2 fully saturated rings. The molecule has 7 heteroatoms. The van der Waals surface area contributed by atoms with Crippen LogP contribution >= 0.6 is 0 Å². The van der Waals surface area contributed by atoms with Crippen LogP contribution in [0.5, 0.6) is 0 Å². The van der Waals surface area contributed by atoms with Gasteiger partial charge in [-0.15, -0.1) is 0 Å². The second kappa shape index (κ2) is 7.51. The van der Waals surface area contributed by atoms with Gasteiger partial charge >= 0.3 is 5.97 Å². The van der Waals surface area contributed by atoms with Crippen LogP contribution in [0.2, 0.25) is 0 Å². The number of nitrogens with zero attached hydrogens (tertiary/aromatic N) is 1. The fraction of sp³-hybridized carbons (Fsp3) is 0.280. The minimum Gasteiger partial charge on any atom is -0.454 e. The number of carbonyl (C=O) groups excluding carboxylic acids is 4. The van der Waals surface area contributed by atoms with Crippen LogP contribution < -0.4 is 4.90 Å². The largest absolute Gasteiger partial charge is 0.454 e. The number of anilines is 1. The van der Waals surface area contributed by atoms with E-state index in [9.17, 15) is 23.6 Å². The number of rotatable bonds is 5.